The molecule has 0 atom stereocenters. The van der Waals surface area contributed by atoms with Crippen molar-refractivity contribution in [2.75, 3.05) is 0 Å². The Morgan fingerprint density at radius 1 is 0.426 bits per heavy atom. The van der Waals surface area contributed by atoms with Gasteiger partial charge in [0.2, 0.25) is 0 Å². The molecule has 9 rings (SSSR count). The van der Waals surface area contributed by atoms with Gasteiger partial charge in [-0.25, -0.2) is 4.98 Å². The van der Waals surface area contributed by atoms with E-state index in [1.54, 1.807) is 65.2 Å². The average molecular weight is 612 g/mol. The first kappa shape index (κ1) is 16.9. The number of aromatic nitrogens is 2. The lowest BCUT2D eigenvalue weighted by Crippen LogP contribution is -1.98. The fourth-order valence-electron chi connectivity index (χ4n) is 6.35. The zero-order valence-corrected chi connectivity index (χ0v) is 24.7. The van der Waals surface area contributed by atoms with Crippen molar-refractivity contribution in [3.05, 3.63) is 182 Å². The SMILES string of the molecule is [2H]c1c([2H])c([2H])c(-c2nc3ccccc3n2-c2ccc(-c3c4c([2H])c([2H])c([2H])c([2H])c4c(-c4ccccc4-c4ccccc4)c4c([2H])c([2H])c([2H])c([2H])c34)cc2)c([2H])c1[2H]. The van der Waals surface area contributed by atoms with E-state index in [9.17, 15) is 5.48 Å². The zero-order valence-electron chi connectivity index (χ0n) is 37.7. The van der Waals surface area contributed by atoms with Gasteiger partial charge in [-0.1, -0.05) is 157 Å². The molecule has 2 heteroatoms. The van der Waals surface area contributed by atoms with Gasteiger partial charge < -0.3 is 0 Å². The van der Waals surface area contributed by atoms with Crippen molar-refractivity contribution in [2.24, 2.45) is 0 Å². The van der Waals surface area contributed by atoms with Gasteiger partial charge in [-0.05, 0) is 79.2 Å². The molecule has 0 radical (unpaired) electrons. The molecule has 0 bridgehead atoms. The Morgan fingerprint density at radius 3 is 1.66 bits per heavy atom. The highest BCUT2D eigenvalue weighted by Gasteiger charge is 2.19. The number of benzene rings is 8. The molecule has 8 aromatic carbocycles. The molecule has 0 saturated carbocycles. The maximum atomic E-state index is 9.37. The summed E-state index contributed by atoms with van der Waals surface area (Å²) in [6.07, 6.45) is 0. The van der Waals surface area contributed by atoms with Crippen molar-refractivity contribution < 1.29 is 17.8 Å². The number of para-hydroxylation sites is 2. The van der Waals surface area contributed by atoms with Gasteiger partial charge in [-0.2, -0.15) is 0 Å². The number of imidazole rings is 1. The maximum absolute atomic E-state index is 9.37. The van der Waals surface area contributed by atoms with E-state index in [2.05, 4.69) is 0 Å². The number of fused-ring (bicyclic) bond motifs is 3. The monoisotopic (exact) mass is 611 g/mol. The van der Waals surface area contributed by atoms with Gasteiger partial charge in [0.1, 0.15) is 5.82 Å². The lowest BCUT2D eigenvalue weighted by Gasteiger charge is -2.20. The summed E-state index contributed by atoms with van der Waals surface area (Å²) in [6.45, 7) is 0. The van der Waals surface area contributed by atoms with Gasteiger partial charge in [0, 0.05) is 11.3 Å². The molecule has 1 heterocycles. The second-order valence-electron chi connectivity index (χ2n) is 11.0. The first-order valence-corrected chi connectivity index (χ1v) is 15.0. The van der Waals surface area contributed by atoms with Crippen LogP contribution in [-0.4, -0.2) is 9.55 Å². The third-order valence-electron chi connectivity index (χ3n) is 8.35. The molecule has 0 fully saturated rings. The van der Waals surface area contributed by atoms with Gasteiger partial charge in [0.15, 0.2) is 0 Å². The summed E-state index contributed by atoms with van der Waals surface area (Å²) in [5.74, 6) is 0.0986. The average Bonchev–Trinajstić information content (AvgIpc) is 3.65. The highest BCUT2D eigenvalue weighted by atomic mass is 15.1. The molecule has 0 aliphatic heterocycles. The molecule has 47 heavy (non-hydrogen) atoms. The Morgan fingerprint density at radius 2 is 0.979 bits per heavy atom. The number of hydrogen-bond donors (Lipinski definition) is 0. The van der Waals surface area contributed by atoms with E-state index in [4.69, 9.17) is 17.3 Å². The number of nitrogens with zero attached hydrogens (tertiary/aromatic N) is 2. The summed E-state index contributed by atoms with van der Waals surface area (Å²) in [6, 6.07) is 24.5. The number of hydrogen-bond acceptors (Lipinski definition) is 1. The normalized spacial score (nSPS) is 15.3. The molecule has 0 N–H and O–H groups in total. The maximum Gasteiger partial charge on any atom is 0.145 e. The molecule has 0 saturated heterocycles. The Kier molecular flexibility index (Phi) is 4.05. The lowest BCUT2D eigenvalue weighted by molar-refractivity contribution is 1.10. The lowest BCUT2D eigenvalue weighted by atomic mass is 9.84. The summed E-state index contributed by atoms with van der Waals surface area (Å²) in [5, 5.41) is 0.309. The first-order valence-electron chi connectivity index (χ1n) is 21.5. The molecule has 0 amide bonds. The zero-order chi connectivity index (χ0) is 42.5. The van der Waals surface area contributed by atoms with Crippen molar-refractivity contribution in [2.45, 2.75) is 0 Å². The van der Waals surface area contributed by atoms with Crippen LogP contribution in [0.1, 0.15) is 17.8 Å². The largest absolute Gasteiger partial charge is 0.292 e. The van der Waals surface area contributed by atoms with Crippen LogP contribution < -0.4 is 0 Å². The van der Waals surface area contributed by atoms with E-state index in [-0.39, 0.29) is 68.2 Å². The Bertz CT molecular complexity index is 3180. The predicted octanol–water partition coefficient (Wildman–Crippen LogP) is 12.0. The van der Waals surface area contributed by atoms with Crippen LogP contribution in [0.5, 0.6) is 0 Å². The van der Waals surface area contributed by atoms with E-state index in [1.165, 1.54) is 0 Å². The Labute approximate surface area is 292 Å². The molecule has 0 aliphatic carbocycles. The van der Waals surface area contributed by atoms with Gasteiger partial charge in [-0.15, -0.1) is 0 Å². The smallest absolute Gasteiger partial charge is 0.145 e. The summed E-state index contributed by atoms with van der Waals surface area (Å²) in [5.41, 5.74) is 4.25. The number of rotatable bonds is 5. The van der Waals surface area contributed by atoms with Gasteiger partial charge in [0.25, 0.3) is 0 Å². The van der Waals surface area contributed by atoms with Crippen molar-refractivity contribution in [1.82, 2.24) is 9.55 Å². The van der Waals surface area contributed by atoms with Gasteiger partial charge >= 0.3 is 0 Å². The Hall–Kier alpha value is -6.25. The molecule has 220 valence electrons. The van der Waals surface area contributed by atoms with E-state index >= 15 is 0 Å². The van der Waals surface area contributed by atoms with Crippen molar-refractivity contribution in [1.29, 1.82) is 0 Å². The predicted molar refractivity (Wildman–Crippen MR) is 198 cm³/mol. The third-order valence-corrected chi connectivity index (χ3v) is 8.35. The van der Waals surface area contributed by atoms with Crippen LogP contribution in [0.25, 0.3) is 83.0 Å². The molecular formula is C45H30N2. The third kappa shape index (κ3) is 4.54. The van der Waals surface area contributed by atoms with Crippen molar-refractivity contribution >= 4 is 32.6 Å². The molecule has 0 spiro atoms. The van der Waals surface area contributed by atoms with Crippen LogP contribution in [-0.2, 0) is 0 Å². The first-order chi connectivity index (χ1) is 28.7. The summed E-state index contributed by atoms with van der Waals surface area (Å²) in [4.78, 5) is 4.73. The van der Waals surface area contributed by atoms with E-state index in [0.717, 1.165) is 5.56 Å². The van der Waals surface area contributed by atoms with E-state index in [1.807, 2.05) is 42.5 Å². The van der Waals surface area contributed by atoms with Gasteiger partial charge in [0.05, 0.1) is 28.9 Å². The molecule has 2 nitrogen and oxygen atoms in total. The van der Waals surface area contributed by atoms with Crippen LogP contribution >= 0.6 is 0 Å². The topological polar surface area (TPSA) is 17.8 Å². The second-order valence-corrected chi connectivity index (χ2v) is 11.0. The fraction of sp³-hybridized carbons (Fsp3) is 0. The minimum atomic E-state index is -0.536. The minimum Gasteiger partial charge on any atom is -0.292 e. The molecule has 0 unspecified atom stereocenters. The van der Waals surface area contributed by atoms with Crippen molar-refractivity contribution in [3.63, 3.8) is 0 Å². The van der Waals surface area contributed by atoms with Crippen LogP contribution in [0.4, 0.5) is 0 Å². The highest BCUT2D eigenvalue weighted by Crippen LogP contribution is 2.46. The van der Waals surface area contributed by atoms with Crippen molar-refractivity contribution in [3.8, 4) is 50.5 Å². The molecule has 1 aromatic heterocycles. The van der Waals surface area contributed by atoms with E-state index < -0.39 is 54.4 Å². The van der Waals surface area contributed by atoms with Crippen LogP contribution in [0.15, 0.2) is 182 Å². The van der Waals surface area contributed by atoms with Gasteiger partial charge in [-0.3, -0.25) is 4.57 Å². The van der Waals surface area contributed by atoms with Crippen LogP contribution in [0.3, 0.4) is 0 Å². The van der Waals surface area contributed by atoms with E-state index in [0.29, 0.717) is 33.4 Å². The summed E-state index contributed by atoms with van der Waals surface area (Å²) >= 11 is 0. The fourth-order valence-corrected chi connectivity index (χ4v) is 6.35. The highest BCUT2D eigenvalue weighted by molar-refractivity contribution is 6.22. The molecule has 9 aromatic rings. The summed E-state index contributed by atoms with van der Waals surface area (Å²) in [7, 11) is 0. The quantitative estimate of drug-likeness (QED) is 0.177. The Balaban J connectivity index is 1.40. The summed E-state index contributed by atoms with van der Waals surface area (Å²) < 4.78 is 117. The molecular weight excluding hydrogens is 569 g/mol. The molecule has 0 aliphatic rings. The standard InChI is InChI=1S/C45H30N2/c1-3-15-31(16-4-1)35-19-7-8-20-36(35)44-39-23-11-9-21-37(39)43(38-22-10-12-24-40(38)44)32-27-29-34(30-28-32)47-42-26-14-13-25-41(42)46-45(47)33-17-5-2-6-18-33/h1-30H/i2D,5D,6D,9D,10D,11D,12D,17D,18D,21D,22D,23D,24D. The van der Waals surface area contributed by atoms with Crippen LogP contribution in [0, 0.1) is 0 Å². The van der Waals surface area contributed by atoms with Crippen LogP contribution in [0.2, 0.25) is 0 Å². The second kappa shape index (κ2) is 11.3. The minimum absolute atomic E-state index is 0.0667.